The van der Waals surface area contributed by atoms with E-state index in [0.29, 0.717) is 11.1 Å². The summed E-state index contributed by atoms with van der Waals surface area (Å²) in [5, 5.41) is 8.79. The van der Waals surface area contributed by atoms with Crippen molar-refractivity contribution in [1.82, 2.24) is 4.98 Å². The second-order valence-corrected chi connectivity index (χ2v) is 4.15. The lowest BCUT2D eigenvalue weighted by atomic mass is 10.0. The van der Waals surface area contributed by atoms with E-state index in [1.165, 1.54) is 24.4 Å². The van der Waals surface area contributed by atoms with Crippen LogP contribution in [0.3, 0.4) is 0 Å². The molecule has 1 aromatic carbocycles. The minimum absolute atomic E-state index is 0.0393. The topological polar surface area (TPSA) is 36.7 Å². The zero-order valence-corrected chi connectivity index (χ0v) is 10.1. The van der Waals surface area contributed by atoms with Gasteiger partial charge in [0.15, 0.2) is 5.69 Å². The molecular weight excluding hydrogens is 277 g/mol. The summed E-state index contributed by atoms with van der Waals surface area (Å²) in [4.78, 5) is 3.79. The van der Waals surface area contributed by atoms with Crippen molar-refractivity contribution < 1.29 is 13.2 Å². The zero-order chi connectivity index (χ0) is 14.0. The van der Waals surface area contributed by atoms with Gasteiger partial charge in [0, 0.05) is 11.8 Å². The molecule has 0 saturated heterocycles. The van der Waals surface area contributed by atoms with E-state index < -0.39 is 11.7 Å². The summed E-state index contributed by atoms with van der Waals surface area (Å²) in [6.07, 6.45) is -3.08. The molecule has 0 aliphatic rings. The summed E-state index contributed by atoms with van der Waals surface area (Å²) in [6.45, 7) is 0. The molecule has 0 fully saturated rings. The summed E-state index contributed by atoms with van der Waals surface area (Å²) in [5.74, 6) is 0. The van der Waals surface area contributed by atoms with Gasteiger partial charge in [0.2, 0.25) is 0 Å². The molecule has 0 N–H and O–H groups in total. The first kappa shape index (κ1) is 13.4. The van der Waals surface area contributed by atoms with Crippen molar-refractivity contribution in [3.63, 3.8) is 0 Å². The van der Waals surface area contributed by atoms with E-state index in [1.54, 1.807) is 6.07 Å². The Morgan fingerprint density at radius 1 is 1.16 bits per heavy atom. The number of benzene rings is 1. The maximum atomic E-state index is 12.6. The van der Waals surface area contributed by atoms with Crippen LogP contribution in [-0.4, -0.2) is 4.98 Å². The third kappa shape index (κ3) is 2.85. The lowest BCUT2D eigenvalue weighted by Gasteiger charge is -2.09. The number of alkyl halides is 3. The van der Waals surface area contributed by atoms with E-state index in [1.807, 2.05) is 0 Å². The number of hydrogen-bond acceptors (Lipinski definition) is 2. The van der Waals surface area contributed by atoms with Crippen LogP contribution in [0.4, 0.5) is 13.2 Å². The number of nitrogens with zero attached hydrogens (tertiary/aromatic N) is 2. The van der Waals surface area contributed by atoms with Gasteiger partial charge in [-0.1, -0.05) is 23.7 Å². The smallest absolute Gasteiger partial charge is 0.243 e. The average molecular weight is 283 g/mol. The molecule has 0 unspecified atom stereocenters. The van der Waals surface area contributed by atoms with Gasteiger partial charge in [0.05, 0.1) is 10.6 Å². The van der Waals surface area contributed by atoms with Gasteiger partial charge < -0.3 is 0 Å². The Balaban J connectivity index is 2.48. The fourth-order valence-electron chi connectivity index (χ4n) is 1.55. The second kappa shape index (κ2) is 4.90. The molecule has 0 aliphatic carbocycles. The van der Waals surface area contributed by atoms with E-state index in [-0.39, 0.29) is 10.7 Å². The lowest BCUT2D eigenvalue weighted by molar-refractivity contribution is -0.137. The Morgan fingerprint density at radius 3 is 2.47 bits per heavy atom. The van der Waals surface area contributed by atoms with Crippen molar-refractivity contribution in [2.24, 2.45) is 0 Å². The summed E-state index contributed by atoms with van der Waals surface area (Å²) in [7, 11) is 0. The number of nitriles is 1. The minimum atomic E-state index is -4.40. The van der Waals surface area contributed by atoms with Crippen molar-refractivity contribution >= 4 is 11.6 Å². The highest BCUT2D eigenvalue weighted by atomic mass is 35.5. The van der Waals surface area contributed by atoms with Gasteiger partial charge in [-0.05, 0) is 23.8 Å². The Bertz CT molecular complexity index is 660. The number of halogens is 4. The monoisotopic (exact) mass is 282 g/mol. The van der Waals surface area contributed by atoms with Crippen molar-refractivity contribution in [2.45, 2.75) is 6.18 Å². The maximum Gasteiger partial charge on any atom is 0.416 e. The number of pyridine rings is 1. The Hall–Kier alpha value is -2.06. The zero-order valence-electron chi connectivity index (χ0n) is 9.37. The van der Waals surface area contributed by atoms with Crippen LogP contribution < -0.4 is 0 Å². The Morgan fingerprint density at radius 2 is 1.89 bits per heavy atom. The molecule has 0 spiro atoms. The molecule has 0 amide bonds. The number of hydrogen-bond donors (Lipinski definition) is 0. The van der Waals surface area contributed by atoms with E-state index in [2.05, 4.69) is 4.98 Å². The highest BCUT2D eigenvalue weighted by Crippen LogP contribution is 2.32. The molecular formula is C13H6ClF3N2. The molecule has 2 aromatic rings. The lowest BCUT2D eigenvalue weighted by Crippen LogP contribution is -2.04. The second-order valence-electron chi connectivity index (χ2n) is 3.74. The van der Waals surface area contributed by atoms with Crippen LogP contribution in [0.25, 0.3) is 11.1 Å². The summed E-state index contributed by atoms with van der Waals surface area (Å²) in [5.41, 5.74) is 0.0617. The standard InChI is InChI=1S/C13H6ClF3N2/c14-11-5-9(7-19-12(11)6-18)8-2-1-3-10(4-8)13(15,16)17/h1-5,7H. The number of aromatic nitrogens is 1. The fourth-order valence-corrected chi connectivity index (χ4v) is 1.76. The van der Waals surface area contributed by atoms with Crippen LogP contribution in [-0.2, 0) is 6.18 Å². The highest BCUT2D eigenvalue weighted by molar-refractivity contribution is 6.31. The molecule has 2 nitrogen and oxygen atoms in total. The number of rotatable bonds is 1. The molecule has 6 heteroatoms. The molecule has 96 valence electrons. The van der Waals surface area contributed by atoms with Gasteiger partial charge in [0.25, 0.3) is 0 Å². The van der Waals surface area contributed by atoms with E-state index in [9.17, 15) is 13.2 Å². The Kier molecular flexibility index (Phi) is 3.45. The van der Waals surface area contributed by atoms with Crippen molar-refractivity contribution in [3.05, 3.63) is 52.8 Å². The molecule has 1 aromatic heterocycles. The first-order valence-electron chi connectivity index (χ1n) is 5.15. The van der Waals surface area contributed by atoms with Crippen molar-refractivity contribution in [3.8, 4) is 17.2 Å². The van der Waals surface area contributed by atoms with Crippen molar-refractivity contribution in [2.75, 3.05) is 0 Å². The van der Waals surface area contributed by atoms with Gasteiger partial charge in [-0.15, -0.1) is 0 Å². The molecule has 0 radical (unpaired) electrons. The van der Waals surface area contributed by atoms with Crippen LogP contribution in [0.15, 0.2) is 36.5 Å². The minimum Gasteiger partial charge on any atom is -0.243 e. The third-order valence-corrected chi connectivity index (χ3v) is 2.76. The maximum absolute atomic E-state index is 12.6. The molecule has 0 aliphatic heterocycles. The van der Waals surface area contributed by atoms with Crippen LogP contribution in [0.5, 0.6) is 0 Å². The van der Waals surface area contributed by atoms with Crippen molar-refractivity contribution in [1.29, 1.82) is 5.26 Å². The van der Waals surface area contributed by atoms with Gasteiger partial charge in [-0.25, -0.2) is 4.98 Å². The van der Waals surface area contributed by atoms with Gasteiger partial charge in [-0.2, -0.15) is 18.4 Å². The van der Waals surface area contributed by atoms with Gasteiger partial charge in [0.1, 0.15) is 6.07 Å². The van der Waals surface area contributed by atoms with Crippen LogP contribution >= 0.6 is 11.6 Å². The summed E-state index contributed by atoms with van der Waals surface area (Å²) in [6, 6.07) is 8.04. The predicted molar refractivity (Wildman–Crippen MR) is 64.4 cm³/mol. The van der Waals surface area contributed by atoms with Crippen LogP contribution in [0.1, 0.15) is 11.3 Å². The average Bonchev–Trinajstić information content (AvgIpc) is 2.38. The van der Waals surface area contributed by atoms with Crippen LogP contribution in [0.2, 0.25) is 5.02 Å². The van der Waals surface area contributed by atoms with E-state index in [4.69, 9.17) is 16.9 Å². The van der Waals surface area contributed by atoms with E-state index in [0.717, 1.165) is 12.1 Å². The van der Waals surface area contributed by atoms with Gasteiger partial charge in [-0.3, -0.25) is 0 Å². The Labute approximate surface area is 112 Å². The fraction of sp³-hybridized carbons (Fsp3) is 0.0769. The first-order valence-corrected chi connectivity index (χ1v) is 5.53. The van der Waals surface area contributed by atoms with Crippen LogP contribution in [0, 0.1) is 11.3 Å². The third-order valence-electron chi connectivity index (χ3n) is 2.47. The predicted octanol–water partition coefficient (Wildman–Crippen LogP) is 4.29. The van der Waals surface area contributed by atoms with E-state index >= 15 is 0 Å². The molecule has 0 bridgehead atoms. The first-order chi connectivity index (χ1) is 8.91. The normalized spacial score (nSPS) is 11.1. The SMILES string of the molecule is N#Cc1ncc(-c2cccc(C(F)(F)F)c2)cc1Cl. The van der Waals surface area contributed by atoms with Gasteiger partial charge >= 0.3 is 6.18 Å². The molecule has 0 saturated carbocycles. The molecule has 19 heavy (non-hydrogen) atoms. The largest absolute Gasteiger partial charge is 0.416 e. The molecule has 0 atom stereocenters. The summed E-state index contributed by atoms with van der Waals surface area (Å²) >= 11 is 5.80. The molecule has 1 heterocycles. The summed E-state index contributed by atoms with van der Waals surface area (Å²) < 4.78 is 37.8. The quantitative estimate of drug-likeness (QED) is 0.782. The molecule has 2 rings (SSSR count). The highest BCUT2D eigenvalue weighted by Gasteiger charge is 2.30.